The number of hydrogen-bond acceptors (Lipinski definition) is 7. The molecular formula is C23H15N3O4S. The summed E-state index contributed by atoms with van der Waals surface area (Å²) in [5.74, 6) is -0.0378. The molecule has 0 fully saturated rings. The number of benzene rings is 1. The number of amides is 2. The molecule has 0 atom stereocenters. The second-order valence-corrected chi connectivity index (χ2v) is 8.07. The molecule has 5 rings (SSSR count). The van der Waals surface area contributed by atoms with Crippen molar-refractivity contribution in [2.75, 3.05) is 6.54 Å². The van der Waals surface area contributed by atoms with E-state index in [9.17, 15) is 14.9 Å². The van der Waals surface area contributed by atoms with Gasteiger partial charge in [-0.3, -0.25) is 14.5 Å². The van der Waals surface area contributed by atoms with Crippen LogP contribution in [0.15, 0.2) is 62.0 Å². The molecular weight excluding hydrogens is 414 g/mol. The van der Waals surface area contributed by atoms with Crippen LogP contribution < -0.4 is 0 Å². The quantitative estimate of drug-likeness (QED) is 0.339. The summed E-state index contributed by atoms with van der Waals surface area (Å²) < 4.78 is 11.7. The van der Waals surface area contributed by atoms with E-state index in [4.69, 9.17) is 8.83 Å². The summed E-state index contributed by atoms with van der Waals surface area (Å²) in [5.41, 5.74) is 2.01. The van der Waals surface area contributed by atoms with Gasteiger partial charge in [-0.2, -0.15) is 10.2 Å². The van der Waals surface area contributed by atoms with Gasteiger partial charge in [0.1, 0.15) is 17.2 Å². The number of imide groups is 1. The summed E-state index contributed by atoms with van der Waals surface area (Å²) in [6.45, 7) is 3.51. The van der Waals surface area contributed by atoms with Crippen LogP contribution in [0.5, 0.6) is 0 Å². The molecule has 0 N–H and O–H groups in total. The number of fused-ring (bicyclic) bond motifs is 2. The first-order chi connectivity index (χ1) is 15.0. The zero-order valence-corrected chi connectivity index (χ0v) is 17.4. The van der Waals surface area contributed by atoms with Crippen molar-refractivity contribution in [3.05, 3.63) is 58.0 Å². The second-order valence-electron chi connectivity index (χ2n) is 7.01. The van der Waals surface area contributed by atoms with Gasteiger partial charge < -0.3 is 8.83 Å². The Kier molecular flexibility index (Phi) is 4.34. The predicted molar refractivity (Wildman–Crippen MR) is 116 cm³/mol. The third-order valence-corrected chi connectivity index (χ3v) is 6.13. The van der Waals surface area contributed by atoms with E-state index in [1.54, 1.807) is 26.0 Å². The highest BCUT2D eigenvalue weighted by Gasteiger charge is 2.34. The topological polar surface area (TPSA) is 100 Å². The Morgan fingerprint density at radius 3 is 2.68 bits per heavy atom. The number of likely N-dealkylation sites (N-methyl/N-ethyl adjacent to an activating group) is 1. The van der Waals surface area contributed by atoms with Gasteiger partial charge in [-0.25, -0.2) is 0 Å². The third-order valence-electron chi connectivity index (χ3n) is 5.17. The van der Waals surface area contributed by atoms with E-state index in [1.807, 2.05) is 36.4 Å². The minimum absolute atomic E-state index is 0.0155. The number of nitriles is 1. The van der Waals surface area contributed by atoms with Crippen LogP contribution in [0.3, 0.4) is 0 Å². The molecule has 4 aromatic rings. The molecule has 3 aromatic heterocycles. The van der Waals surface area contributed by atoms with Gasteiger partial charge in [-0.1, -0.05) is 18.2 Å². The van der Waals surface area contributed by atoms with Gasteiger partial charge in [-0.15, -0.1) is 11.3 Å². The highest BCUT2D eigenvalue weighted by atomic mass is 32.1. The van der Waals surface area contributed by atoms with Crippen LogP contribution in [0, 0.1) is 11.3 Å². The second kappa shape index (κ2) is 7.07. The van der Waals surface area contributed by atoms with Crippen molar-refractivity contribution in [1.82, 2.24) is 9.88 Å². The van der Waals surface area contributed by atoms with Crippen molar-refractivity contribution in [3.8, 4) is 17.7 Å². The molecule has 152 valence electrons. The van der Waals surface area contributed by atoms with Gasteiger partial charge in [0.15, 0.2) is 16.2 Å². The number of rotatable bonds is 3. The highest BCUT2D eigenvalue weighted by molar-refractivity contribution is 7.19. The van der Waals surface area contributed by atoms with E-state index in [0.717, 1.165) is 20.7 Å². The fourth-order valence-corrected chi connectivity index (χ4v) is 4.47. The maximum absolute atomic E-state index is 12.8. The lowest BCUT2D eigenvalue weighted by Crippen LogP contribution is -2.42. The Labute approximate surface area is 180 Å². The van der Waals surface area contributed by atoms with E-state index < -0.39 is 11.8 Å². The summed E-state index contributed by atoms with van der Waals surface area (Å²) in [6.07, 6.45) is 1.67. The van der Waals surface area contributed by atoms with Crippen molar-refractivity contribution in [1.29, 1.82) is 5.26 Å². The molecule has 31 heavy (non-hydrogen) atoms. The minimum Gasteiger partial charge on any atom is -0.451 e. The lowest BCUT2D eigenvalue weighted by Gasteiger charge is -2.26. The largest absolute Gasteiger partial charge is 0.451 e. The number of carbonyl (C=O) groups is 2. The van der Waals surface area contributed by atoms with Crippen LogP contribution >= 0.6 is 11.3 Å². The van der Waals surface area contributed by atoms with Gasteiger partial charge in [-0.05, 0) is 37.6 Å². The molecule has 7 nitrogen and oxygen atoms in total. The Morgan fingerprint density at radius 1 is 1.16 bits per heavy atom. The monoisotopic (exact) mass is 429 g/mol. The van der Waals surface area contributed by atoms with Crippen LogP contribution in [0.2, 0.25) is 0 Å². The summed E-state index contributed by atoms with van der Waals surface area (Å²) in [6, 6.07) is 13.2. The van der Waals surface area contributed by atoms with Crippen molar-refractivity contribution < 1.29 is 18.4 Å². The van der Waals surface area contributed by atoms with Crippen molar-refractivity contribution in [2.45, 2.75) is 13.8 Å². The Bertz CT molecular complexity index is 1430. The van der Waals surface area contributed by atoms with Crippen LogP contribution in [0.1, 0.15) is 18.7 Å². The number of oxazole rings is 1. The summed E-state index contributed by atoms with van der Waals surface area (Å²) in [5, 5.41) is 10.3. The first-order valence-electron chi connectivity index (χ1n) is 9.58. The standard InChI is InChI=1S/C23H15N3O4S/c1-3-26-22(27)15(12(2)16(11-24)23(26)28)9-14-10-19-21(31-14)25-20(30-19)18-8-13-6-4-5-7-17(13)29-18/h4-10H,3H2,1-2H3/b15-9-. The zero-order chi connectivity index (χ0) is 21.7. The van der Waals surface area contributed by atoms with E-state index in [2.05, 4.69) is 4.98 Å². The van der Waals surface area contributed by atoms with Crippen molar-refractivity contribution >= 4 is 50.6 Å². The summed E-state index contributed by atoms with van der Waals surface area (Å²) in [4.78, 5) is 32.1. The number of hydrogen-bond donors (Lipinski definition) is 0. The maximum Gasteiger partial charge on any atom is 0.271 e. The molecule has 4 heterocycles. The average Bonchev–Trinajstić information content (AvgIpc) is 3.44. The predicted octanol–water partition coefficient (Wildman–Crippen LogP) is 4.91. The summed E-state index contributed by atoms with van der Waals surface area (Å²) in [7, 11) is 0. The number of aromatic nitrogens is 1. The van der Waals surface area contributed by atoms with Crippen LogP contribution in [-0.2, 0) is 9.59 Å². The van der Waals surface area contributed by atoms with E-state index >= 15 is 0 Å². The maximum atomic E-state index is 12.8. The fraction of sp³-hybridized carbons (Fsp3) is 0.130. The molecule has 0 saturated heterocycles. The molecule has 0 spiro atoms. The SMILES string of the molecule is CCN1C(=O)C(C#N)=C(C)/C(=C/c2cc3oc(-c4cc5ccccc5o4)nc3s2)C1=O. The van der Waals surface area contributed by atoms with Gasteiger partial charge in [0, 0.05) is 28.4 Å². The number of carbonyl (C=O) groups excluding carboxylic acids is 2. The van der Waals surface area contributed by atoms with Gasteiger partial charge in [0.2, 0.25) is 0 Å². The van der Waals surface area contributed by atoms with Crippen LogP contribution in [0.25, 0.3) is 39.1 Å². The van der Waals surface area contributed by atoms with E-state index in [1.165, 1.54) is 11.3 Å². The van der Waals surface area contributed by atoms with Gasteiger partial charge in [0.25, 0.3) is 17.7 Å². The molecule has 0 saturated carbocycles. The minimum atomic E-state index is -0.554. The highest BCUT2D eigenvalue weighted by Crippen LogP contribution is 2.35. The molecule has 2 amide bonds. The van der Waals surface area contributed by atoms with Crippen LogP contribution in [0.4, 0.5) is 0 Å². The molecule has 0 unspecified atom stereocenters. The molecule has 1 aliphatic rings. The third kappa shape index (κ3) is 2.98. The fourth-order valence-electron chi connectivity index (χ4n) is 3.58. The van der Waals surface area contributed by atoms with E-state index in [0.29, 0.717) is 33.2 Å². The molecule has 8 heteroatoms. The zero-order valence-electron chi connectivity index (χ0n) is 16.6. The average molecular weight is 429 g/mol. The Balaban J connectivity index is 1.54. The number of thiophene rings is 1. The Morgan fingerprint density at radius 2 is 1.97 bits per heavy atom. The number of para-hydroxylation sites is 1. The summed E-state index contributed by atoms with van der Waals surface area (Å²) >= 11 is 1.35. The normalized spacial score (nSPS) is 16.2. The molecule has 1 aromatic carbocycles. The van der Waals surface area contributed by atoms with E-state index in [-0.39, 0.29) is 12.1 Å². The van der Waals surface area contributed by atoms with Gasteiger partial charge in [0.05, 0.1) is 0 Å². The smallest absolute Gasteiger partial charge is 0.271 e. The van der Waals surface area contributed by atoms with Crippen LogP contribution in [-0.4, -0.2) is 28.2 Å². The van der Waals surface area contributed by atoms with Crippen molar-refractivity contribution in [3.63, 3.8) is 0 Å². The lowest BCUT2D eigenvalue weighted by molar-refractivity contribution is -0.140. The molecule has 0 radical (unpaired) electrons. The van der Waals surface area contributed by atoms with Gasteiger partial charge >= 0.3 is 0 Å². The number of nitrogens with zero attached hydrogens (tertiary/aromatic N) is 3. The lowest BCUT2D eigenvalue weighted by atomic mass is 9.95. The number of furan rings is 1. The van der Waals surface area contributed by atoms with Crippen molar-refractivity contribution in [2.24, 2.45) is 0 Å². The molecule has 0 bridgehead atoms. The molecule has 1 aliphatic heterocycles. The Hall–Kier alpha value is -3.96. The molecule has 0 aliphatic carbocycles. The first-order valence-corrected chi connectivity index (χ1v) is 10.4. The first kappa shape index (κ1) is 19.0.